The minimum absolute atomic E-state index is 0.252. The highest BCUT2D eigenvalue weighted by Gasteiger charge is 2.56. The third-order valence-corrected chi connectivity index (χ3v) is 5.38. The zero-order chi connectivity index (χ0) is 20.8. The number of aromatic nitrogens is 3. The molecule has 2 aromatic heterocycles. The Kier molecular flexibility index (Phi) is 5.01. The van der Waals surface area contributed by atoms with E-state index < -0.39 is 29.9 Å². The zero-order valence-corrected chi connectivity index (χ0v) is 16.2. The Morgan fingerprint density at radius 3 is 2.97 bits per heavy atom. The number of amides is 1. The molecule has 5 N–H and O–H groups in total. The molecule has 0 spiro atoms. The Morgan fingerprint density at radius 2 is 2.21 bits per heavy atom. The number of aliphatic hydroxyl groups is 2. The maximum absolute atomic E-state index is 12.8. The van der Waals surface area contributed by atoms with Crippen molar-refractivity contribution in [2.75, 3.05) is 5.32 Å². The Labute approximate surface area is 171 Å². The molecule has 1 aliphatic rings. The number of nitrogens with one attached hydrogen (secondary N) is 1. The molecule has 1 saturated heterocycles. The first kappa shape index (κ1) is 19.7. The summed E-state index contributed by atoms with van der Waals surface area (Å²) in [6, 6.07) is 8.70. The quantitative estimate of drug-likeness (QED) is 0.468. The summed E-state index contributed by atoms with van der Waals surface area (Å²) in [4.78, 5) is 20.9. The normalized spacial score (nSPS) is 26.7. The third kappa shape index (κ3) is 3.37. The van der Waals surface area contributed by atoms with Crippen LogP contribution in [0.15, 0.2) is 42.9 Å². The number of hydrogen-bond donors (Lipinski definition) is 4. The zero-order valence-electron chi connectivity index (χ0n) is 15.5. The molecule has 3 heterocycles. The fraction of sp³-hybridized carbons (Fsp3) is 0.316. The van der Waals surface area contributed by atoms with E-state index in [1.807, 2.05) is 6.07 Å². The van der Waals surface area contributed by atoms with Crippen LogP contribution in [-0.2, 0) is 16.1 Å². The van der Waals surface area contributed by atoms with E-state index in [1.165, 1.54) is 17.8 Å². The maximum atomic E-state index is 12.8. The SMILES string of the molecule is C[C@]1(O)C(O)[C@H](n2ccc3c(Cl)ncnc32)O[C@@H]1C(=O)Nc1cccc(CN)c1. The lowest BCUT2D eigenvalue weighted by Gasteiger charge is -2.25. The number of nitrogens with two attached hydrogens (primary N) is 1. The summed E-state index contributed by atoms with van der Waals surface area (Å²) in [6.07, 6.45) is -0.855. The van der Waals surface area contributed by atoms with Gasteiger partial charge in [0.2, 0.25) is 0 Å². The summed E-state index contributed by atoms with van der Waals surface area (Å²) < 4.78 is 7.31. The van der Waals surface area contributed by atoms with Crippen LogP contribution in [0.2, 0.25) is 5.15 Å². The summed E-state index contributed by atoms with van der Waals surface area (Å²) in [5, 5.41) is 25.1. The molecule has 4 atom stereocenters. The van der Waals surface area contributed by atoms with Crippen molar-refractivity contribution in [3.05, 3.63) is 53.6 Å². The van der Waals surface area contributed by atoms with E-state index in [-0.39, 0.29) is 5.15 Å². The number of aliphatic hydroxyl groups excluding tert-OH is 1. The number of hydrogen-bond acceptors (Lipinski definition) is 7. The molecule has 1 fully saturated rings. The van der Waals surface area contributed by atoms with E-state index in [2.05, 4.69) is 15.3 Å². The molecule has 29 heavy (non-hydrogen) atoms. The molecule has 3 aromatic rings. The number of halogens is 1. The molecule has 1 aromatic carbocycles. The second-order valence-corrected chi connectivity index (χ2v) is 7.45. The van der Waals surface area contributed by atoms with Gasteiger partial charge in [-0.15, -0.1) is 0 Å². The second-order valence-electron chi connectivity index (χ2n) is 7.10. The molecule has 4 rings (SSSR count). The first-order valence-electron chi connectivity index (χ1n) is 8.95. The van der Waals surface area contributed by atoms with Crippen LogP contribution in [0.5, 0.6) is 0 Å². The van der Waals surface area contributed by atoms with Crippen LogP contribution in [0.3, 0.4) is 0 Å². The monoisotopic (exact) mass is 417 g/mol. The molecule has 0 saturated carbocycles. The smallest absolute Gasteiger partial charge is 0.256 e. The fourth-order valence-corrected chi connectivity index (χ4v) is 3.66. The van der Waals surface area contributed by atoms with Crippen molar-refractivity contribution in [3.8, 4) is 0 Å². The largest absolute Gasteiger partial charge is 0.385 e. The number of ether oxygens (including phenoxy) is 1. The summed E-state index contributed by atoms with van der Waals surface area (Å²) in [5.41, 5.74) is 5.56. The van der Waals surface area contributed by atoms with Crippen LogP contribution >= 0.6 is 11.6 Å². The molecule has 0 bridgehead atoms. The lowest BCUT2D eigenvalue weighted by molar-refractivity contribution is -0.137. The van der Waals surface area contributed by atoms with Crippen molar-refractivity contribution in [2.45, 2.75) is 37.5 Å². The lowest BCUT2D eigenvalue weighted by Crippen LogP contribution is -2.49. The number of carbonyl (C=O) groups excluding carboxylic acids is 1. The third-order valence-electron chi connectivity index (χ3n) is 5.08. The summed E-state index contributed by atoms with van der Waals surface area (Å²) >= 11 is 6.07. The minimum Gasteiger partial charge on any atom is -0.385 e. The average Bonchev–Trinajstić information content (AvgIpc) is 3.22. The van der Waals surface area contributed by atoms with Crippen molar-refractivity contribution in [2.24, 2.45) is 5.73 Å². The van der Waals surface area contributed by atoms with E-state index in [1.54, 1.807) is 30.5 Å². The molecule has 10 heteroatoms. The molecule has 9 nitrogen and oxygen atoms in total. The van der Waals surface area contributed by atoms with Gasteiger partial charge in [0.05, 0.1) is 5.39 Å². The Balaban J connectivity index is 1.62. The van der Waals surface area contributed by atoms with Crippen molar-refractivity contribution >= 4 is 34.2 Å². The topological polar surface area (TPSA) is 136 Å². The van der Waals surface area contributed by atoms with Gasteiger partial charge in [0.1, 0.15) is 28.8 Å². The number of rotatable bonds is 4. The van der Waals surface area contributed by atoms with Crippen molar-refractivity contribution in [1.82, 2.24) is 14.5 Å². The van der Waals surface area contributed by atoms with Gasteiger partial charge in [0.25, 0.3) is 5.91 Å². The van der Waals surface area contributed by atoms with Gasteiger partial charge < -0.3 is 30.6 Å². The number of anilines is 1. The lowest BCUT2D eigenvalue weighted by atomic mass is 9.94. The van der Waals surface area contributed by atoms with Crippen LogP contribution < -0.4 is 11.1 Å². The average molecular weight is 418 g/mol. The molecule has 1 unspecified atom stereocenters. The first-order valence-corrected chi connectivity index (χ1v) is 9.33. The van der Waals surface area contributed by atoms with E-state index >= 15 is 0 Å². The Hall–Kier alpha value is -2.56. The van der Waals surface area contributed by atoms with Crippen molar-refractivity contribution in [3.63, 3.8) is 0 Å². The van der Waals surface area contributed by atoms with E-state index in [0.717, 1.165) is 5.56 Å². The second kappa shape index (κ2) is 7.36. The van der Waals surface area contributed by atoms with Crippen LogP contribution in [-0.4, -0.2) is 48.5 Å². The van der Waals surface area contributed by atoms with Gasteiger partial charge in [-0.3, -0.25) is 4.79 Å². The maximum Gasteiger partial charge on any atom is 0.256 e. The predicted molar refractivity (Wildman–Crippen MR) is 106 cm³/mol. The van der Waals surface area contributed by atoms with Crippen LogP contribution in [0.4, 0.5) is 5.69 Å². The highest BCUT2D eigenvalue weighted by Crippen LogP contribution is 2.39. The van der Waals surface area contributed by atoms with E-state index in [9.17, 15) is 15.0 Å². The molecule has 152 valence electrons. The molecule has 0 radical (unpaired) electrons. The molecule has 0 aliphatic carbocycles. The van der Waals surface area contributed by atoms with Crippen LogP contribution in [0.25, 0.3) is 11.0 Å². The summed E-state index contributed by atoms with van der Waals surface area (Å²) in [7, 11) is 0. The highest BCUT2D eigenvalue weighted by atomic mass is 35.5. The number of carbonyl (C=O) groups is 1. The minimum atomic E-state index is -1.84. The standard InChI is InChI=1S/C19H20ClN5O4/c1-19(28)13(26)18(25-6-5-12-15(20)22-9-23-16(12)25)29-14(19)17(27)24-11-4-2-3-10(7-11)8-21/h2-7,9,13-14,18,26,28H,8,21H2,1H3,(H,24,27)/t13?,14-,18-,19+/m1/s1. The molecular formula is C19H20ClN5O4. The van der Waals surface area contributed by atoms with Gasteiger partial charge in [0, 0.05) is 18.4 Å². The van der Waals surface area contributed by atoms with Gasteiger partial charge in [-0.05, 0) is 30.7 Å². The van der Waals surface area contributed by atoms with Gasteiger partial charge in [-0.1, -0.05) is 23.7 Å². The Morgan fingerprint density at radius 1 is 1.41 bits per heavy atom. The Bertz CT molecular complexity index is 1070. The molecular weight excluding hydrogens is 398 g/mol. The fourth-order valence-electron chi connectivity index (χ4n) is 3.47. The summed E-state index contributed by atoms with van der Waals surface area (Å²) in [5.74, 6) is -0.588. The first-order chi connectivity index (χ1) is 13.8. The van der Waals surface area contributed by atoms with Crippen molar-refractivity contribution < 1.29 is 19.7 Å². The number of fused-ring (bicyclic) bond motifs is 1. The molecule has 1 aliphatic heterocycles. The number of nitrogens with zero attached hydrogens (tertiary/aromatic N) is 3. The summed E-state index contributed by atoms with van der Waals surface area (Å²) in [6.45, 7) is 1.68. The van der Waals surface area contributed by atoms with Crippen LogP contribution in [0, 0.1) is 0 Å². The van der Waals surface area contributed by atoms with E-state index in [0.29, 0.717) is 23.3 Å². The van der Waals surface area contributed by atoms with Crippen molar-refractivity contribution in [1.29, 1.82) is 0 Å². The van der Waals surface area contributed by atoms with Crippen LogP contribution in [0.1, 0.15) is 18.7 Å². The number of benzene rings is 1. The highest BCUT2D eigenvalue weighted by molar-refractivity contribution is 6.33. The van der Waals surface area contributed by atoms with E-state index in [4.69, 9.17) is 22.1 Å². The van der Waals surface area contributed by atoms with Gasteiger partial charge in [0.15, 0.2) is 12.3 Å². The van der Waals surface area contributed by atoms with Gasteiger partial charge in [-0.25, -0.2) is 9.97 Å². The molecule has 1 amide bonds. The predicted octanol–water partition coefficient (Wildman–Crippen LogP) is 1.19. The van der Waals surface area contributed by atoms with Gasteiger partial charge >= 0.3 is 0 Å². The van der Waals surface area contributed by atoms with Gasteiger partial charge in [-0.2, -0.15) is 0 Å².